The maximum Gasteiger partial charge on any atom is 0.310 e. The van der Waals surface area contributed by atoms with Crippen molar-refractivity contribution in [1.82, 2.24) is 20.6 Å². The molecule has 7 heteroatoms. The molecule has 0 aliphatic rings. The van der Waals surface area contributed by atoms with E-state index in [-0.39, 0.29) is 17.8 Å². The summed E-state index contributed by atoms with van der Waals surface area (Å²) in [4.78, 5) is 12.8. The molecule has 0 saturated heterocycles. The average molecular weight is 409 g/mol. The molecule has 0 radical (unpaired) electrons. The molecule has 1 unspecified atom stereocenters. The minimum Gasteiger partial charge on any atom is -0.460 e. The van der Waals surface area contributed by atoms with Crippen LogP contribution in [0.15, 0.2) is 28.7 Å². The van der Waals surface area contributed by atoms with Crippen LogP contribution >= 0.6 is 15.9 Å². The van der Waals surface area contributed by atoms with Crippen LogP contribution in [0.25, 0.3) is 0 Å². The molecule has 0 aliphatic carbocycles. The predicted octanol–water partition coefficient (Wildman–Crippen LogP) is 4.05. The highest BCUT2D eigenvalue weighted by atomic mass is 79.9. The zero-order valence-corrected chi connectivity index (χ0v) is 16.7. The third-order valence-electron chi connectivity index (χ3n) is 3.86. The summed E-state index contributed by atoms with van der Waals surface area (Å²) in [6.45, 7) is 7.70. The Morgan fingerprint density at radius 1 is 1.28 bits per heavy atom. The molecule has 0 saturated carbocycles. The molecule has 136 valence electrons. The van der Waals surface area contributed by atoms with Crippen molar-refractivity contribution in [1.29, 1.82) is 0 Å². The van der Waals surface area contributed by atoms with Crippen LogP contribution in [0.1, 0.15) is 57.8 Å². The second-order valence-electron chi connectivity index (χ2n) is 7.14. The monoisotopic (exact) mass is 408 g/mol. The smallest absolute Gasteiger partial charge is 0.310 e. The Hall–Kier alpha value is -1.76. The topological polar surface area (TPSA) is 80.8 Å². The van der Waals surface area contributed by atoms with Crippen LogP contribution in [0.5, 0.6) is 0 Å². The van der Waals surface area contributed by atoms with Gasteiger partial charge in [0, 0.05) is 10.4 Å². The van der Waals surface area contributed by atoms with E-state index in [9.17, 15) is 4.79 Å². The number of nitrogens with one attached hydrogen (secondary N) is 1. The van der Waals surface area contributed by atoms with Crippen LogP contribution in [0.3, 0.4) is 0 Å². The number of tetrazole rings is 1. The number of esters is 1. The van der Waals surface area contributed by atoms with Gasteiger partial charge in [0.2, 0.25) is 0 Å². The van der Waals surface area contributed by atoms with E-state index in [1.807, 2.05) is 45.0 Å². The fourth-order valence-corrected chi connectivity index (χ4v) is 3.05. The normalized spacial score (nSPS) is 14.1. The van der Waals surface area contributed by atoms with E-state index < -0.39 is 5.60 Å². The Bertz CT molecular complexity index is 665. The molecule has 1 aromatic heterocycles. The molecule has 1 aromatic carbocycles. The minimum absolute atomic E-state index is 0.185. The molecule has 1 N–H and O–H groups in total. The predicted molar refractivity (Wildman–Crippen MR) is 99.0 cm³/mol. The first-order chi connectivity index (χ1) is 11.8. The van der Waals surface area contributed by atoms with Crippen LogP contribution < -0.4 is 0 Å². The molecule has 0 bridgehead atoms. The molecule has 0 amide bonds. The van der Waals surface area contributed by atoms with Crippen LogP contribution in [-0.4, -0.2) is 32.2 Å². The van der Waals surface area contributed by atoms with Crippen molar-refractivity contribution in [2.75, 3.05) is 0 Å². The van der Waals surface area contributed by atoms with Crippen molar-refractivity contribution >= 4 is 21.9 Å². The van der Waals surface area contributed by atoms with Gasteiger partial charge in [0.05, 0.1) is 5.92 Å². The Balaban J connectivity index is 2.30. The number of hydrogen-bond donors (Lipinski definition) is 1. The van der Waals surface area contributed by atoms with Crippen LogP contribution in [0.4, 0.5) is 0 Å². The van der Waals surface area contributed by atoms with Crippen LogP contribution in [0.2, 0.25) is 0 Å². The third-order valence-corrected chi connectivity index (χ3v) is 4.39. The van der Waals surface area contributed by atoms with Gasteiger partial charge in [-0.05, 0) is 51.3 Å². The second kappa shape index (κ2) is 8.56. The van der Waals surface area contributed by atoms with Crippen molar-refractivity contribution in [3.63, 3.8) is 0 Å². The highest BCUT2D eigenvalue weighted by molar-refractivity contribution is 9.10. The summed E-state index contributed by atoms with van der Waals surface area (Å²) in [6, 6.07) is 8.06. The van der Waals surface area contributed by atoms with E-state index in [4.69, 9.17) is 4.74 Å². The summed E-state index contributed by atoms with van der Waals surface area (Å²) in [5.41, 5.74) is 0.588. The maximum absolute atomic E-state index is 12.8. The van der Waals surface area contributed by atoms with Gasteiger partial charge in [0.15, 0.2) is 5.82 Å². The van der Waals surface area contributed by atoms with E-state index in [2.05, 4.69) is 43.5 Å². The maximum atomic E-state index is 12.8. The largest absolute Gasteiger partial charge is 0.460 e. The standard InChI is InChI=1S/C18H25BrN4O2/c1-5-6-14(17(24)25-18(2,3)4)15(16-20-22-23-21-16)11-12-7-9-13(19)10-8-12/h7-10,14-15H,5-6,11H2,1-4H3,(H,20,21,22,23)/t14?,15-/m1/s1. The zero-order valence-electron chi connectivity index (χ0n) is 15.1. The average Bonchev–Trinajstić information content (AvgIpc) is 3.05. The van der Waals surface area contributed by atoms with Gasteiger partial charge < -0.3 is 4.74 Å². The summed E-state index contributed by atoms with van der Waals surface area (Å²) in [5, 5.41) is 14.5. The lowest BCUT2D eigenvalue weighted by molar-refractivity contribution is -0.161. The van der Waals surface area contributed by atoms with Crippen LogP contribution in [-0.2, 0) is 16.0 Å². The van der Waals surface area contributed by atoms with Gasteiger partial charge in [-0.15, -0.1) is 10.2 Å². The molecule has 6 nitrogen and oxygen atoms in total. The number of carbonyl (C=O) groups is 1. The highest BCUT2D eigenvalue weighted by Crippen LogP contribution is 2.32. The molecule has 0 fully saturated rings. The summed E-state index contributed by atoms with van der Waals surface area (Å²) in [7, 11) is 0. The first kappa shape index (κ1) is 19.6. The second-order valence-corrected chi connectivity index (χ2v) is 8.05. The highest BCUT2D eigenvalue weighted by Gasteiger charge is 2.35. The van der Waals surface area contributed by atoms with Crippen molar-refractivity contribution in [3.05, 3.63) is 40.1 Å². The molecule has 2 atom stereocenters. The number of rotatable bonds is 7. The molecule has 0 spiro atoms. The molecule has 1 heterocycles. The minimum atomic E-state index is -0.525. The Labute approximate surface area is 156 Å². The fraction of sp³-hybridized carbons (Fsp3) is 0.556. The number of nitrogens with zero attached hydrogens (tertiary/aromatic N) is 3. The Kier molecular flexibility index (Phi) is 6.70. The number of aromatic amines is 1. The Morgan fingerprint density at radius 2 is 1.96 bits per heavy atom. The molecular formula is C18H25BrN4O2. The number of aromatic nitrogens is 4. The molecule has 2 aromatic rings. The molecule has 0 aliphatic heterocycles. The zero-order chi connectivity index (χ0) is 18.4. The number of halogens is 1. The summed E-state index contributed by atoms with van der Waals surface area (Å²) >= 11 is 3.45. The van der Waals surface area contributed by atoms with Gasteiger partial charge in [-0.2, -0.15) is 5.21 Å². The van der Waals surface area contributed by atoms with Crippen molar-refractivity contribution < 1.29 is 9.53 Å². The number of ether oxygens (including phenoxy) is 1. The first-order valence-corrected chi connectivity index (χ1v) is 9.30. The number of benzene rings is 1. The van der Waals surface area contributed by atoms with Gasteiger partial charge in [-0.3, -0.25) is 4.79 Å². The van der Waals surface area contributed by atoms with Gasteiger partial charge in [0.25, 0.3) is 0 Å². The lowest BCUT2D eigenvalue weighted by Crippen LogP contribution is -2.33. The fourth-order valence-electron chi connectivity index (χ4n) is 2.79. The van der Waals surface area contributed by atoms with Gasteiger partial charge in [-0.1, -0.05) is 46.6 Å². The quantitative estimate of drug-likeness (QED) is 0.698. The summed E-state index contributed by atoms with van der Waals surface area (Å²) in [5.74, 6) is -0.159. The van der Waals surface area contributed by atoms with E-state index >= 15 is 0 Å². The number of carbonyl (C=O) groups excluding carboxylic acids is 1. The Morgan fingerprint density at radius 3 is 2.48 bits per heavy atom. The lowest BCUT2D eigenvalue weighted by atomic mass is 9.83. The number of hydrogen-bond acceptors (Lipinski definition) is 5. The molecule has 25 heavy (non-hydrogen) atoms. The first-order valence-electron chi connectivity index (χ1n) is 8.50. The van der Waals surface area contributed by atoms with Gasteiger partial charge in [-0.25, -0.2) is 0 Å². The number of H-pyrrole nitrogens is 1. The molecule has 2 rings (SSSR count). The van der Waals surface area contributed by atoms with Crippen molar-refractivity contribution in [2.45, 2.75) is 58.5 Å². The van der Waals surface area contributed by atoms with E-state index in [1.165, 1.54) is 0 Å². The van der Waals surface area contributed by atoms with Crippen LogP contribution in [0, 0.1) is 5.92 Å². The van der Waals surface area contributed by atoms with E-state index in [0.717, 1.165) is 16.5 Å². The van der Waals surface area contributed by atoms with Gasteiger partial charge in [0.1, 0.15) is 5.60 Å². The van der Waals surface area contributed by atoms with Crippen molar-refractivity contribution in [2.24, 2.45) is 5.92 Å². The van der Waals surface area contributed by atoms with Crippen molar-refractivity contribution in [3.8, 4) is 0 Å². The summed E-state index contributed by atoms with van der Waals surface area (Å²) < 4.78 is 6.67. The van der Waals surface area contributed by atoms with E-state index in [1.54, 1.807) is 0 Å². The molecular weight excluding hydrogens is 384 g/mol. The summed E-state index contributed by atoms with van der Waals surface area (Å²) in [6.07, 6.45) is 2.24. The van der Waals surface area contributed by atoms with E-state index in [0.29, 0.717) is 18.7 Å². The van der Waals surface area contributed by atoms with Gasteiger partial charge >= 0.3 is 5.97 Å². The lowest BCUT2D eigenvalue weighted by Gasteiger charge is -2.27. The third kappa shape index (κ3) is 5.92. The SMILES string of the molecule is CCCC(C(=O)OC(C)(C)C)[C@@H](Cc1ccc(Br)cc1)c1nn[nH]n1.